The molecule has 0 saturated carbocycles. The number of rotatable bonds is 5. The normalized spacial score (nSPS) is 12.0. The Morgan fingerprint density at radius 2 is 1.68 bits per heavy atom. The van der Waals surface area contributed by atoms with E-state index in [1.807, 2.05) is 0 Å². The lowest BCUT2D eigenvalue weighted by atomic mass is 10.2. The van der Waals surface area contributed by atoms with E-state index in [9.17, 15) is 13.5 Å². The van der Waals surface area contributed by atoms with Crippen LogP contribution in [0.5, 0.6) is 0 Å². The Morgan fingerprint density at radius 1 is 1.00 bits per heavy atom. The predicted molar refractivity (Wildman–Crippen MR) is 114 cm³/mol. The number of sulfonamides is 1. The first-order valence-electron chi connectivity index (χ1n) is 7.85. The topological polar surface area (TPSA) is 81.6 Å². The van der Waals surface area contributed by atoms with Gasteiger partial charge in [-0.3, -0.25) is 9.71 Å². The van der Waals surface area contributed by atoms with Gasteiger partial charge in [-0.2, -0.15) is 0 Å². The molecule has 0 radical (unpaired) electrons. The van der Waals surface area contributed by atoms with Crippen LogP contribution in [-0.4, -0.2) is 14.3 Å². The molecule has 1 N–H and O–H groups in total. The number of nitrogens with one attached hydrogen (secondary N) is 1. The SMILES string of the molecule is O=S(=O)(Nc1ccccc1C([O-])=Nc1ccc(Cl)cc1Cl)c1ccc(Br)cc1. The molecule has 3 aromatic carbocycles. The van der Waals surface area contributed by atoms with Gasteiger partial charge in [-0.05, 0) is 54.4 Å². The number of hydrogen-bond donors (Lipinski definition) is 1. The molecule has 9 heteroatoms. The Kier molecular flexibility index (Phi) is 6.30. The van der Waals surface area contributed by atoms with Crippen molar-refractivity contribution in [2.45, 2.75) is 4.90 Å². The van der Waals surface area contributed by atoms with E-state index in [1.54, 1.807) is 30.3 Å². The molecule has 0 fully saturated rings. The van der Waals surface area contributed by atoms with Gasteiger partial charge in [-0.1, -0.05) is 57.3 Å². The Hall–Kier alpha value is -2.06. The summed E-state index contributed by atoms with van der Waals surface area (Å²) >= 11 is 15.2. The molecule has 144 valence electrons. The number of aliphatic imine (C=N–C) groups is 1. The second-order valence-electron chi connectivity index (χ2n) is 5.62. The standard InChI is InChI=1S/C19H13BrCl2N2O3S/c20-12-5-8-14(9-6-12)28(26,27)24-17-4-2-1-3-15(17)19(25)23-18-10-7-13(21)11-16(18)22/h1-11,24H,(H,23,25)/p-1. The first-order valence-corrected chi connectivity index (χ1v) is 10.9. The molecule has 3 aromatic rings. The third kappa shape index (κ3) is 4.86. The highest BCUT2D eigenvalue weighted by Crippen LogP contribution is 2.29. The highest BCUT2D eigenvalue weighted by molar-refractivity contribution is 9.10. The Balaban J connectivity index is 1.97. The molecule has 0 aliphatic carbocycles. The van der Waals surface area contributed by atoms with Gasteiger partial charge in [0.05, 0.1) is 21.3 Å². The van der Waals surface area contributed by atoms with Crippen LogP contribution in [0.3, 0.4) is 0 Å². The number of anilines is 1. The van der Waals surface area contributed by atoms with Crippen LogP contribution in [0.4, 0.5) is 11.4 Å². The number of halogens is 3. The Morgan fingerprint density at radius 3 is 2.36 bits per heavy atom. The molecule has 5 nitrogen and oxygen atoms in total. The van der Waals surface area contributed by atoms with Crippen LogP contribution in [-0.2, 0) is 10.0 Å². The van der Waals surface area contributed by atoms with Crippen LogP contribution in [0.15, 0.2) is 81.1 Å². The maximum absolute atomic E-state index is 12.6. The van der Waals surface area contributed by atoms with E-state index in [-0.39, 0.29) is 26.9 Å². The fourth-order valence-electron chi connectivity index (χ4n) is 2.32. The van der Waals surface area contributed by atoms with Crippen LogP contribution in [0.2, 0.25) is 10.0 Å². The van der Waals surface area contributed by atoms with Crippen molar-refractivity contribution in [2.24, 2.45) is 4.99 Å². The van der Waals surface area contributed by atoms with Crippen molar-refractivity contribution in [3.8, 4) is 0 Å². The summed E-state index contributed by atoms with van der Waals surface area (Å²) in [4.78, 5) is 4.04. The minimum atomic E-state index is -3.88. The molecule has 0 spiro atoms. The Bertz CT molecular complexity index is 1150. The van der Waals surface area contributed by atoms with Gasteiger partial charge in [-0.15, -0.1) is 0 Å². The zero-order chi connectivity index (χ0) is 20.3. The number of nitrogens with zero attached hydrogens (tertiary/aromatic N) is 1. The second kappa shape index (κ2) is 8.53. The molecule has 3 rings (SSSR count). The molecule has 0 aliphatic rings. The third-order valence-corrected chi connectivity index (χ3v) is 6.11. The van der Waals surface area contributed by atoms with Crippen LogP contribution in [0.1, 0.15) is 5.56 Å². The minimum absolute atomic E-state index is 0.0654. The lowest BCUT2D eigenvalue weighted by Gasteiger charge is -2.17. The highest BCUT2D eigenvalue weighted by atomic mass is 79.9. The first kappa shape index (κ1) is 20.7. The number of para-hydroxylation sites is 1. The van der Waals surface area contributed by atoms with E-state index >= 15 is 0 Å². The van der Waals surface area contributed by atoms with Crippen molar-refractivity contribution >= 4 is 66.4 Å². The molecule has 28 heavy (non-hydrogen) atoms. The zero-order valence-electron chi connectivity index (χ0n) is 14.1. The van der Waals surface area contributed by atoms with Gasteiger partial charge >= 0.3 is 0 Å². The quantitative estimate of drug-likeness (QED) is 0.397. The van der Waals surface area contributed by atoms with Crippen molar-refractivity contribution in [1.82, 2.24) is 0 Å². The zero-order valence-corrected chi connectivity index (χ0v) is 18.0. The Labute approximate surface area is 180 Å². The molecule has 0 unspecified atom stereocenters. The monoisotopic (exact) mass is 497 g/mol. The fourth-order valence-corrected chi connectivity index (χ4v) is 4.11. The summed E-state index contributed by atoms with van der Waals surface area (Å²) in [7, 11) is -3.88. The summed E-state index contributed by atoms with van der Waals surface area (Å²) in [6, 6.07) is 16.9. The van der Waals surface area contributed by atoms with Crippen molar-refractivity contribution in [3.05, 3.63) is 86.8 Å². The van der Waals surface area contributed by atoms with Crippen molar-refractivity contribution in [3.63, 3.8) is 0 Å². The molecule has 0 aliphatic heterocycles. The summed E-state index contributed by atoms with van der Waals surface area (Å²) in [6.45, 7) is 0. The highest BCUT2D eigenvalue weighted by Gasteiger charge is 2.16. The second-order valence-corrected chi connectivity index (χ2v) is 9.06. The molecular formula is C19H12BrCl2N2O3S-. The van der Waals surface area contributed by atoms with Crippen LogP contribution in [0.25, 0.3) is 0 Å². The summed E-state index contributed by atoms with van der Waals surface area (Å²) in [6.07, 6.45) is 0. The van der Waals surface area contributed by atoms with E-state index in [0.717, 1.165) is 4.47 Å². The van der Waals surface area contributed by atoms with Crippen LogP contribution in [0, 0.1) is 0 Å². The van der Waals surface area contributed by atoms with E-state index < -0.39 is 15.9 Å². The molecule has 0 heterocycles. The average molecular weight is 499 g/mol. The van der Waals surface area contributed by atoms with E-state index in [2.05, 4.69) is 25.6 Å². The van der Waals surface area contributed by atoms with Gasteiger partial charge in [0.1, 0.15) is 0 Å². The van der Waals surface area contributed by atoms with E-state index in [1.165, 1.54) is 36.4 Å². The summed E-state index contributed by atoms with van der Waals surface area (Å²) in [5, 5.41) is 13.3. The summed E-state index contributed by atoms with van der Waals surface area (Å²) < 4.78 is 28.5. The molecule has 0 atom stereocenters. The van der Waals surface area contributed by atoms with Gasteiger partial charge < -0.3 is 5.11 Å². The fraction of sp³-hybridized carbons (Fsp3) is 0. The first-order chi connectivity index (χ1) is 13.3. The van der Waals surface area contributed by atoms with Crippen molar-refractivity contribution < 1.29 is 13.5 Å². The maximum Gasteiger partial charge on any atom is 0.261 e. The van der Waals surface area contributed by atoms with Gasteiger partial charge in [0.15, 0.2) is 0 Å². The average Bonchev–Trinajstić information content (AvgIpc) is 2.64. The predicted octanol–water partition coefficient (Wildman–Crippen LogP) is 5.00. The third-order valence-electron chi connectivity index (χ3n) is 3.66. The van der Waals surface area contributed by atoms with Gasteiger partial charge in [-0.25, -0.2) is 8.42 Å². The summed E-state index contributed by atoms with van der Waals surface area (Å²) in [5.41, 5.74) is 0.445. The molecule has 0 aromatic heterocycles. The largest absolute Gasteiger partial charge is 0.858 e. The minimum Gasteiger partial charge on any atom is -0.858 e. The van der Waals surface area contributed by atoms with Gasteiger partial charge in [0, 0.05) is 15.1 Å². The van der Waals surface area contributed by atoms with Crippen LogP contribution >= 0.6 is 39.1 Å². The molecule has 0 bridgehead atoms. The summed E-state index contributed by atoms with van der Waals surface area (Å²) in [5.74, 6) is -0.640. The molecular weight excluding hydrogens is 487 g/mol. The lowest BCUT2D eigenvalue weighted by Crippen LogP contribution is -2.22. The smallest absolute Gasteiger partial charge is 0.261 e. The molecule has 0 amide bonds. The molecule has 0 saturated heterocycles. The van der Waals surface area contributed by atoms with E-state index in [0.29, 0.717) is 5.02 Å². The van der Waals surface area contributed by atoms with Crippen molar-refractivity contribution in [1.29, 1.82) is 0 Å². The van der Waals surface area contributed by atoms with Crippen molar-refractivity contribution in [2.75, 3.05) is 4.72 Å². The maximum atomic E-state index is 12.6. The number of hydrogen-bond acceptors (Lipinski definition) is 4. The number of benzene rings is 3. The lowest BCUT2D eigenvalue weighted by molar-refractivity contribution is -0.212. The van der Waals surface area contributed by atoms with Gasteiger partial charge in [0.25, 0.3) is 10.0 Å². The van der Waals surface area contributed by atoms with E-state index in [4.69, 9.17) is 23.2 Å². The van der Waals surface area contributed by atoms with Crippen LogP contribution < -0.4 is 9.83 Å². The van der Waals surface area contributed by atoms with Gasteiger partial charge in [0.2, 0.25) is 0 Å².